The van der Waals surface area contributed by atoms with Gasteiger partial charge in [-0.2, -0.15) is 31.3 Å². The van der Waals surface area contributed by atoms with E-state index in [-0.39, 0.29) is 33.0 Å². The smallest absolute Gasteiger partial charge is 0.453 e. The molecule has 3 aromatic heterocycles. The number of fused-ring (bicyclic) bond motifs is 1. The number of nitrogens with zero attached hydrogens (tertiary/aromatic N) is 6. The highest BCUT2D eigenvalue weighted by molar-refractivity contribution is 7.98. The number of alkyl halides is 6. The second-order valence-electron chi connectivity index (χ2n) is 5.38. The van der Waals surface area contributed by atoms with E-state index < -0.39 is 30.0 Å². The summed E-state index contributed by atoms with van der Waals surface area (Å²) in [7, 11) is 1.10. The molecule has 3 aromatic rings. The van der Waals surface area contributed by atoms with E-state index in [2.05, 4.69) is 20.3 Å². The third-order valence-electron chi connectivity index (χ3n) is 3.43. The SMILES string of the molecule is CCOC(=O)c1sc2nc(C(F)(F)F)nn2c1CSc1nnc(C(F)(F)F)n1C. The van der Waals surface area contributed by atoms with Crippen molar-refractivity contribution in [1.29, 1.82) is 0 Å². The fourth-order valence-corrected chi connectivity index (χ4v) is 4.18. The maximum Gasteiger partial charge on any atom is 0.453 e. The fraction of sp³-hybridized carbons (Fsp3) is 0.462. The van der Waals surface area contributed by atoms with Gasteiger partial charge < -0.3 is 9.30 Å². The van der Waals surface area contributed by atoms with Gasteiger partial charge >= 0.3 is 18.3 Å². The van der Waals surface area contributed by atoms with Crippen molar-refractivity contribution in [1.82, 2.24) is 29.4 Å². The van der Waals surface area contributed by atoms with Crippen molar-refractivity contribution in [3.63, 3.8) is 0 Å². The minimum Gasteiger partial charge on any atom is -0.462 e. The van der Waals surface area contributed by atoms with Crippen molar-refractivity contribution in [3.05, 3.63) is 22.2 Å². The second-order valence-corrected chi connectivity index (χ2v) is 7.30. The Labute approximate surface area is 165 Å². The molecule has 0 N–H and O–H groups in total. The Balaban J connectivity index is 1.98. The highest BCUT2D eigenvalue weighted by Crippen LogP contribution is 2.34. The Bertz CT molecular complexity index is 1050. The molecule has 0 spiro atoms. The zero-order valence-electron chi connectivity index (χ0n) is 14.5. The van der Waals surface area contributed by atoms with Gasteiger partial charge in [0.1, 0.15) is 4.88 Å². The van der Waals surface area contributed by atoms with Gasteiger partial charge in [-0.05, 0) is 6.92 Å². The number of esters is 1. The molecule has 158 valence electrons. The van der Waals surface area contributed by atoms with Gasteiger partial charge in [0.15, 0.2) is 5.16 Å². The highest BCUT2D eigenvalue weighted by atomic mass is 32.2. The normalized spacial score (nSPS) is 12.7. The van der Waals surface area contributed by atoms with Crippen LogP contribution in [0.2, 0.25) is 0 Å². The summed E-state index contributed by atoms with van der Waals surface area (Å²) in [5, 5.41) is 9.73. The monoisotopic (exact) mass is 460 g/mol. The minimum atomic E-state index is -4.80. The van der Waals surface area contributed by atoms with Crippen LogP contribution in [0.5, 0.6) is 0 Å². The van der Waals surface area contributed by atoms with Crippen molar-refractivity contribution >= 4 is 34.0 Å². The van der Waals surface area contributed by atoms with Gasteiger partial charge in [-0.3, -0.25) is 0 Å². The van der Waals surface area contributed by atoms with Gasteiger partial charge in [-0.15, -0.1) is 15.3 Å². The van der Waals surface area contributed by atoms with Crippen LogP contribution in [-0.4, -0.2) is 41.9 Å². The summed E-state index contributed by atoms with van der Waals surface area (Å²) in [6.45, 7) is 1.56. The first-order valence-corrected chi connectivity index (χ1v) is 9.45. The molecule has 0 bridgehead atoms. The number of ether oxygens (including phenoxy) is 1. The van der Waals surface area contributed by atoms with Gasteiger partial charge in [-0.1, -0.05) is 23.1 Å². The first-order chi connectivity index (χ1) is 13.4. The third kappa shape index (κ3) is 4.17. The molecule has 8 nitrogen and oxygen atoms in total. The first kappa shape index (κ1) is 21.4. The lowest BCUT2D eigenvalue weighted by Crippen LogP contribution is -2.13. The molecular weight excluding hydrogens is 450 g/mol. The zero-order chi connectivity index (χ0) is 21.6. The van der Waals surface area contributed by atoms with Gasteiger partial charge in [0, 0.05) is 12.8 Å². The molecule has 3 heterocycles. The van der Waals surface area contributed by atoms with Crippen LogP contribution in [0.25, 0.3) is 4.96 Å². The van der Waals surface area contributed by atoms with E-state index in [0.29, 0.717) is 15.9 Å². The fourth-order valence-electron chi connectivity index (χ4n) is 2.21. The molecule has 0 unspecified atom stereocenters. The number of hydrogen-bond donors (Lipinski definition) is 0. The predicted molar refractivity (Wildman–Crippen MR) is 87.4 cm³/mol. The van der Waals surface area contributed by atoms with Crippen molar-refractivity contribution < 1.29 is 35.9 Å². The topological polar surface area (TPSA) is 87.2 Å². The van der Waals surface area contributed by atoms with Crippen LogP contribution in [0.3, 0.4) is 0 Å². The lowest BCUT2D eigenvalue weighted by Gasteiger charge is -2.07. The van der Waals surface area contributed by atoms with Crippen LogP contribution in [0, 0.1) is 0 Å². The summed E-state index contributed by atoms with van der Waals surface area (Å²) in [6, 6.07) is 0. The van der Waals surface area contributed by atoms with E-state index in [4.69, 9.17) is 4.74 Å². The number of thioether (sulfide) groups is 1. The lowest BCUT2D eigenvalue weighted by molar-refractivity contribution is -0.147. The number of hydrogen-bond acceptors (Lipinski definition) is 8. The molecule has 0 aliphatic carbocycles. The second kappa shape index (κ2) is 7.47. The number of carbonyl (C=O) groups excluding carboxylic acids is 1. The van der Waals surface area contributed by atoms with Crippen molar-refractivity contribution in [3.8, 4) is 0 Å². The molecule has 0 fully saturated rings. The Morgan fingerprint density at radius 2 is 1.86 bits per heavy atom. The Hall–Kier alpha value is -2.36. The largest absolute Gasteiger partial charge is 0.462 e. The number of thiazole rings is 1. The van der Waals surface area contributed by atoms with Gasteiger partial charge in [0.05, 0.1) is 12.3 Å². The van der Waals surface area contributed by atoms with Crippen LogP contribution >= 0.6 is 23.1 Å². The number of halogens is 6. The summed E-state index contributed by atoms with van der Waals surface area (Å²) in [6.07, 6.45) is -9.52. The van der Waals surface area contributed by atoms with Crippen molar-refractivity contribution in [2.45, 2.75) is 30.2 Å². The maximum absolute atomic E-state index is 12.9. The van der Waals surface area contributed by atoms with Gasteiger partial charge in [0.25, 0.3) is 5.82 Å². The average Bonchev–Trinajstić information content (AvgIpc) is 3.25. The Morgan fingerprint density at radius 3 is 2.41 bits per heavy atom. The quantitative estimate of drug-likeness (QED) is 0.328. The van der Waals surface area contributed by atoms with Gasteiger partial charge in [0.2, 0.25) is 10.8 Å². The highest BCUT2D eigenvalue weighted by Gasteiger charge is 2.39. The summed E-state index contributed by atoms with van der Waals surface area (Å²) in [5.74, 6) is -3.66. The molecule has 0 radical (unpaired) electrons. The van der Waals surface area contributed by atoms with Crippen LogP contribution in [-0.2, 0) is 29.9 Å². The first-order valence-electron chi connectivity index (χ1n) is 7.65. The summed E-state index contributed by atoms with van der Waals surface area (Å²) in [4.78, 5) is 15.2. The van der Waals surface area contributed by atoms with E-state index in [1.807, 2.05) is 0 Å². The summed E-state index contributed by atoms with van der Waals surface area (Å²) >= 11 is 1.38. The van der Waals surface area contributed by atoms with Crippen LogP contribution < -0.4 is 0 Å². The van der Waals surface area contributed by atoms with Crippen LogP contribution in [0.1, 0.15) is 33.9 Å². The van der Waals surface area contributed by atoms with Crippen LogP contribution in [0.15, 0.2) is 5.16 Å². The third-order valence-corrected chi connectivity index (χ3v) is 5.51. The number of rotatable bonds is 5. The molecule has 0 aliphatic heterocycles. The molecule has 0 aliphatic rings. The number of carbonyl (C=O) groups is 1. The van der Waals surface area contributed by atoms with Crippen LogP contribution in [0.4, 0.5) is 26.3 Å². The lowest BCUT2D eigenvalue weighted by atomic mass is 10.4. The molecule has 0 atom stereocenters. The van der Waals surface area contributed by atoms with E-state index in [9.17, 15) is 31.1 Å². The molecular formula is C13H10F6N6O2S2. The van der Waals surface area contributed by atoms with Crippen molar-refractivity contribution in [2.24, 2.45) is 7.05 Å². The van der Waals surface area contributed by atoms with Gasteiger partial charge in [-0.25, -0.2) is 9.31 Å². The molecule has 3 rings (SSSR count). The van der Waals surface area contributed by atoms with E-state index in [1.165, 1.54) is 0 Å². The molecule has 16 heteroatoms. The summed E-state index contributed by atoms with van der Waals surface area (Å²) < 4.78 is 83.5. The molecule has 0 aromatic carbocycles. The molecule has 0 amide bonds. The maximum atomic E-state index is 12.9. The molecule has 29 heavy (non-hydrogen) atoms. The standard InChI is InChI=1S/C13H10F6N6O2S2/c1-3-27-7(26)6-5(25-10(29-6)20-8(23-25)12(14,15)16)4-28-11-22-21-9(24(11)2)13(17,18)19/h3-4H2,1-2H3. The van der Waals surface area contributed by atoms with Crippen molar-refractivity contribution in [2.75, 3.05) is 6.61 Å². The zero-order valence-corrected chi connectivity index (χ0v) is 16.1. The van der Waals surface area contributed by atoms with E-state index in [1.54, 1.807) is 6.92 Å². The predicted octanol–water partition coefficient (Wildman–Crippen LogP) is 3.43. The molecule has 0 saturated carbocycles. The number of aromatic nitrogens is 6. The minimum absolute atomic E-state index is 0.00647. The van der Waals surface area contributed by atoms with E-state index in [0.717, 1.165) is 23.3 Å². The average molecular weight is 460 g/mol. The Morgan fingerprint density at radius 1 is 1.17 bits per heavy atom. The molecule has 0 saturated heterocycles. The van der Waals surface area contributed by atoms with E-state index >= 15 is 0 Å². The Kier molecular flexibility index (Phi) is 5.50. The summed E-state index contributed by atoms with van der Waals surface area (Å²) in [5.41, 5.74) is -0.00647.